The van der Waals surface area contributed by atoms with E-state index in [4.69, 9.17) is 4.74 Å². The Morgan fingerprint density at radius 1 is 1.14 bits per heavy atom. The first kappa shape index (κ1) is 19.9. The first-order valence-electron chi connectivity index (χ1n) is 8.98. The van der Waals surface area contributed by atoms with Gasteiger partial charge in [0.2, 0.25) is 5.91 Å². The van der Waals surface area contributed by atoms with Crippen LogP contribution in [0.2, 0.25) is 0 Å². The topological polar surface area (TPSA) is 58.6 Å². The number of nitrogens with zero attached hydrogens (tertiary/aromatic N) is 1. The van der Waals surface area contributed by atoms with E-state index in [0.29, 0.717) is 5.56 Å². The maximum atomic E-state index is 14.4. The fourth-order valence-corrected chi connectivity index (χ4v) is 3.74. The summed E-state index contributed by atoms with van der Waals surface area (Å²) in [6.07, 6.45) is 0.220. The third-order valence-corrected chi connectivity index (χ3v) is 5.20. The number of methoxy groups -OCH3 is 1. The highest BCUT2D eigenvalue weighted by atomic mass is 19.1. The van der Waals surface area contributed by atoms with Crippen LogP contribution in [0.1, 0.15) is 23.6 Å². The van der Waals surface area contributed by atoms with E-state index in [-0.39, 0.29) is 24.7 Å². The fourth-order valence-electron chi connectivity index (χ4n) is 3.74. The molecular weight excluding hydrogens is 366 g/mol. The van der Waals surface area contributed by atoms with Gasteiger partial charge in [-0.3, -0.25) is 14.5 Å². The SMILES string of the molecule is COC(=O)[C@@H]1C[C@H](C(=O)NCc2ccc(F)cc2)[C@H](c2ccccc2F)N1C. The molecule has 1 N–H and O–H groups in total. The number of ether oxygens (including phenoxy) is 1. The van der Waals surface area contributed by atoms with E-state index in [1.54, 1.807) is 42.3 Å². The molecule has 3 atom stereocenters. The van der Waals surface area contributed by atoms with Gasteiger partial charge in [0, 0.05) is 18.2 Å². The molecule has 0 aromatic heterocycles. The average Bonchev–Trinajstić information content (AvgIpc) is 3.04. The zero-order chi connectivity index (χ0) is 20.3. The van der Waals surface area contributed by atoms with Crippen molar-refractivity contribution in [1.29, 1.82) is 0 Å². The quantitative estimate of drug-likeness (QED) is 0.801. The molecule has 0 spiro atoms. The van der Waals surface area contributed by atoms with Gasteiger partial charge in [0.05, 0.1) is 13.0 Å². The molecule has 1 heterocycles. The van der Waals surface area contributed by atoms with Crippen LogP contribution in [0.25, 0.3) is 0 Å². The monoisotopic (exact) mass is 388 g/mol. The Balaban J connectivity index is 1.82. The first-order chi connectivity index (χ1) is 13.4. The first-order valence-corrected chi connectivity index (χ1v) is 8.98. The Bertz CT molecular complexity index is 857. The lowest BCUT2D eigenvalue weighted by Gasteiger charge is -2.27. The van der Waals surface area contributed by atoms with Gasteiger partial charge < -0.3 is 10.1 Å². The lowest BCUT2D eigenvalue weighted by atomic mass is 9.92. The summed E-state index contributed by atoms with van der Waals surface area (Å²) in [6.45, 7) is 0.214. The predicted molar refractivity (Wildman–Crippen MR) is 99.1 cm³/mol. The minimum absolute atomic E-state index is 0.214. The van der Waals surface area contributed by atoms with Gasteiger partial charge in [-0.2, -0.15) is 0 Å². The number of carbonyl (C=O) groups excluding carboxylic acids is 2. The minimum atomic E-state index is -0.642. The van der Waals surface area contributed by atoms with Crippen molar-refractivity contribution in [2.24, 2.45) is 5.92 Å². The van der Waals surface area contributed by atoms with E-state index < -0.39 is 29.8 Å². The van der Waals surface area contributed by atoms with E-state index in [2.05, 4.69) is 5.32 Å². The van der Waals surface area contributed by atoms with Crippen LogP contribution in [0.4, 0.5) is 8.78 Å². The highest BCUT2D eigenvalue weighted by molar-refractivity contribution is 5.83. The maximum Gasteiger partial charge on any atom is 0.323 e. The molecule has 0 unspecified atom stereocenters. The smallest absolute Gasteiger partial charge is 0.323 e. The molecule has 2 aromatic carbocycles. The Hall–Kier alpha value is -2.80. The molecule has 1 fully saturated rings. The molecule has 1 saturated heterocycles. The molecule has 28 heavy (non-hydrogen) atoms. The maximum absolute atomic E-state index is 14.4. The van der Waals surface area contributed by atoms with E-state index in [9.17, 15) is 18.4 Å². The van der Waals surface area contributed by atoms with Crippen LogP contribution in [0.15, 0.2) is 48.5 Å². The molecule has 0 radical (unpaired) electrons. The van der Waals surface area contributed by atoms with Crippen molar-refractivity contribution < 1.29 is 23.1 Å². The van der Waals surface area contributed by atoms with Gasteiger partial charge in [-0.05, 0) is 37.2 Å². The Kier molecular flexibility index (Phi) is 6.04. The van der Waals surface area contributed by atoms with E-state index in [1.807, 2.05) is 0 Å². The second-order valence-corrected chi connectivity index (χ2v) is 6.86. The highest BCUT2D eigenvalue weighted by Gasteiger charge is 2.47. The summed E-state index contributed by atoms with van der Waals surface area (Å²) in [5.74, 6) is -2.17. The highest BCUT2D eigenvalue weighted by Crippen LogP contribution is 2.41. The number of halogens is 2. The Morgan fingerprint density at radius 2 is 1.82 bits per heavy atom. The number of amides is 1. The summed E-state index contributed by atoms with van der Waals surface area (Å²) >= 11 is 0. The molecule has 0 aliphatic carbocycles. The van der Waals surface area contributed by atoms with E-state index in [0.717, 1.165) is 5.56 Å². The number of hydrogen-bond acceptors (Lipinski definition) is 4. The molecule has 0 bridgehead atoms. The summed E-state index contributed by atoms with van der Waals surface area (Å²) < 4.78 is 32.3. The molecule has 2 aromatic rings. The number of nitrogens with one attached hydrogen (secondary N) is 1. The zero-order valence-corrected chi connectivity index (χ0v) is 15.7. The van der Waals surface area contributed by atoms with Crippen LogP contribution < -0.4 is 5.32 Å². The van der Waals surface area contributed by atoms with Gasteiger partial charge in [-0.1, -0.05) is 30.3 Å². The lowest BCUT2D eigenvalue weighted by molar-refractivity contribution is -0.145. The van der Waals surface area contributed by atoms with Crippen molar-refractivity contribution in [3.8, 4) is 0 Å². The summed E-state index contributed by atoms with van der Waals surface area (Å²) in [5.41, 5.74) is 1.10. The van der Waals surface area contributed by atoms with Gasteiger partial charge in [-0.25, -0.2) is 8.78 Å². The van der Waals surface area contributed by atoms with Crippen LogP contribution in [0.3, 0.4) is 0 Å². The van der Waals surface area contributed by atoms with Crippen LogP contribution in [-0.4, -0.2) is 37.0 Å². The molecule has 1 amide bonds. The summed E-state index contributed by atoms with van der Waals surface area (Å²) in [5, 5.41) is 2.81. The van der Waals surface area contributed by atoms with Gasteiger partial charge in [0.15, 0.2) is 0 Å². The van der Waals surface area contributed by atoms with Gasteiger partial charge in [0.1, 0.15) is 17.7 Å². The largest absolute Gasteiger partial charge is 0.468 e. The Labute approximate surface area is 162 Å². The number of carbonyl (C=O) groups is 2. The van der Waals surface area contributed by atoms with Crippen molar-refractivity contribution in [3.05, 3.63) is 71.3 Å². The molecule has 1 aliphatic rings. The zero-order valence-electron chi connectivity index (χ0n) is 15.7. The van der Waals surface area contributed by atoms with Crippen LogP contribution in [-0.2, 0) is 20.9 Å². The van der Waals surface area contributed by atoms with E-state index in [1.165, 1.54) is 25.3 Å². The molecule has 1 aliphatic heterocycles. The number of rotatable bonds is 5. The average molecular weight is 388 g/mol. The number of likely N-dealkylation sites (tertiary alicyclic amines) is 1. The van der Waals surface area contributed by atoms with Gasteiger partial charge >= 0.3 is 5.97 Å². The van der Waals surface area contributed by atoms with Gasteiger partial charge in [-0.15, -0.1) is 0 Å². The van der Waals surface area contributed by atoms with Crippen LogP contribution >= 0.6 is 0 Å². The standard InChI is InChI=1S/C21H22F2N2O3/c1-25-18(21(27)28-2)11-16(19(25)15-5-3-4-6-17(15)23)20(26)24-12-13-7-9-14(22)10-8-13/h3-10,16,18-19H,11-12H2,1-2H3,(H,24,26)/t16-,18-,19-/m0/s1. The lowest BCUT2D eigenvalue weighted by Crippen LogP contribution is -2.36. The molecule has 148 valence electrons. The number of benzene rings is 2. The van der Waals surface area contributed by atoms with Crippen molar-refractivity contribution in [2.75, 3.05) is 14.2 Å². The summed E-state index contributed by atoms with van der Waals surface area (Å²) in [4.78, 5) is 26.7. The normalized spacial score (nSPS) is 22.1. The number of likely N-dealkylation sites (N-methyl/N-ethyl adjacent to an activating group) is 1. The molecule has 7 heteroatoms. The minimum Gasteiger partial charge on any atom is -0.468 e. The van der Waals surface area contributed by atoms with Crippen molar-refractivity contribution in [1.82, 2.24) is 10.2 Å². The van der Waals surface area contributed by atoms with Gasteiger partial charge in [0.25, 0.3) is 0 Å². The molecule has 0 saturated carbocycles. The summed E-state index contributed by atoms with van der Waals surface area (Å²) in [6, 6.07) is 10.8. The molecular formula is C21H22F2N2O3. The van der Waals surface area contributed by atoms with Crippen molar-refractivity contribution >= 4 is 11.9 Å². The second kappa shape index (κ2) is 8.48. The van der Waals surface area contributed by atoms with Crippen LogP contribution in [0.5, 0.6) is 0 Å². The van der Waals surface area contributed by atoms with E-state index >= 15 is 0 Å². The van der Waals surface area contributed by atoms with Crippen molar-refractivity contribution in [2.45, 2.75) is 25.0 Å². The van der Waals surface area contributed by atoms with Crippen LogP contribution in [0, 0.1) is 17.6 Å². The molecule has 5 nitrogen and oxygen atoms in total. The second-order valence-electron chi connectivity index (χ2n) is 6.86. The number of esters is 1. The Morgan fingerprint density at radius 3 is 2.46 bits per heavy atom. The number of hydrogen-bond donors (Lipinski definition) is 1. The summed E-state index contributed by atoms with van der Waals surface area (Å²) in [7, 11) is 2.97. The third kappa shape index (κ3) is 4.04. The van der Waals surface area contributed by atoms with Crippen molar-refractivity contribution in [3.63, 3.8) is 0 Å². The third-order valence-electron chi connectivity index (χ3n) is 5.20. The predicted octanol–water partition coefficient (Wildman–Crippen LogP) is 2.82. The molecule has 3 rings (SSSR count). The fraction of sp³-hybridized carbons (Fsp3) is 0.333.